The molecule has 0 saturated carbocycles. The predicted octanol–water partition coefficient (Wildman–Crippen LogP) is 3.71. The van der Waals surface area contributed by atoms with Crippen LogP contribution in [0, 0.1) is 6.92 Å². The standard InChI is InChI=1S/C16H22N2S/c1-12-9-19-10-13(12)8-18-11-16(2,3)14-4-6-15(17)7-5-14/h4-7,9-10,18H,8,11,17H2,1-3H3. The maximum absolute atomic E-state index is 5.74. The van der Waals surface area contributed by atoms with Crippen molar-refractivity contribution < 1.29 is 0 Å². The molecule has 0 aliphatic heterocycles. The average Bonchev–Trinajstić information content (AvgIpc) is 2.75. The highest BCUT2D eigenvalue weighted by atomic mass is 32.1. The molecular weight excluding hydrogens is 252 g/mol. The minimum atomic E-state index is 0.109. The lowest BCUT2D eigenvalue weighted by atomic mass is 9.84. The van der Waals surface area contributed by atoms with Crippen molar-refractivity contribution in [2.24, 2.45) is 0 Å². The zero-order valence-electron chi connectivity index (χ0n) is 11.9. The molecule has 0 spiro atoms. The second kappa shape index (κ2) is 5.76. The zero-order chi connectivity index (χ0) is 13.9. The van der Waals surface area contributed by atoms with E-state index in [9.17, 15) is 0 Å². The van der Waals surface area contributed by atoms with E-state index in [1.807, 2.05) is 12.1 Å². The Balaban J connectivity index is 1.94. The lowest BCUT2D eigenvalue weighted by molar-refractivity contribution is 0.469. The largest absolute Gasteiger partial charge is 0.399 e. The molecule has 0 aliphatic carbocycles. The highest BCUT2D eigenvalue weighted by Crippen LogP contribution is 2.23. The minimum absolute atomic E-state index is 0.109. The summed E-state index contributed by atoms with van der Waals surface area (Å²) < 4.78 is 0. The Bertz CT molecular complexity index is 526. The fourth-order valence-electron chi connectivity index (χ4n) is 2.11. The number of thiophene rings is 1. The number of anilines is 1. The number of nitrogen functional groups attached to an aromatic ring is 1. The highest BCUT2D eigenvalue weighted by molar-refractivity contribution is 7.08. The fourth-order valence-corrected chi connectivity index (χ4v) is 2.97. The van der Waals surface area contributed by atoms with E-state index in [1.165, 1.54) is 16.7 Å². The van der Waals surface area contributed by atoms with Crippen molar-refractivity contribution in [3.8, 4) is 0 Å². The fraction of sp³-hybridized carbons (Fsp3) is 0.375. The minimum Gasteiger partial charge on any atom is -0.399 e. The molecule has 2 rings (SSSR count). The summed E-state index contributed by atoms with van der Waals surface area (Å²) in [6.45, 7) is 8.57. The van der Waals surface area contributed by atoms with Crippen molar-refractivity contribution in [3.05, 3.63) is 51.7 Å². The van der Waals surface area contributed by atoms with Gasteiger partial charge < -0.3 is 11.1 Å². The SMILES string of the molecule is Cc1cscc1CNCC(C)(C)c1ccc(N)cc1. The summed E-state index contributed by atoms with van der Waals surface area (Å²) in [5.74, 6) is 0. The van der Waals surface area contributed by atoms with Crippen LogP contribution in [-0.2, 0) is 12.0 Å². The third-order valence-corrected chi connectivity index (χ3v) is 4.45. The van der Waals surface area contributed by atoms with Gasteiger partial charge >= 0.3 is 0 Å². The summed E-state index contributed by atoms with van der Waals surface area (Å²) in [6.07, 6.45) is 0. The van der Waals surface area contributed by atoms with Crippen LogP contribution < -0.4 is 11.1 Å². The van der Waals surface area contributed by atoms with Crippen LogP contribution in [0.2, 0.25) is 0 Å². The van der Waals surface area contributed by atoms with Gasteiger partial charge in [0, 0.05) is 24.2 Å². The van der Waals surface area contributed by atoms with Crippen LogP contribution in [0.15, 0.2) is 35.0 Å². The van der Waals surface area contributed by atoms with Crippen LogP contribution in [0.4, 0.5) is 5.69 Å². The quantitative estimate of drug-likeness (QED) is 0.816. The van der Waals surface area contributed by atoms with E-state index in [2.05, 4.69) is 49.0 Å². The number of benzene rings is 1. The Hall–Kier alpha value is -1.32. The molecule has 0 fully saturated rings. The molecule has 19 heavy (non-hydrogen) atoms. The number of nitrogens with two attached hydrogens (primary N) is 1. The van der Waals surface area contributed by atoms with Crippen LogP contribution in [0.1, 0.15) is 30.5 Å². The van der Waals surface area contributed by atoms with Crippen LogP contribution in [0.5, 0.6) is 0 Å². The normalized spacial score (nSPS) is 11.7. The molecule has 0 unspecified atom stereocenters. The van der Waals surface area contributed by atoms with Crippen LogP contribution in [-0.4, -0.2) is 6.54 Å². The highest BCUT2D eigenvalue weighted by Gasteiger charge is 2.19. The molecule has 2 nitrogen and oxygen atoms in total. The second-order valence-electron chi connectivity index (χ2n) is 5.69. The van der Waals surface area contributed by atoms with Crippen molar-refractivity contribution in [2.75, 3.05) is 12.3 Å². The van der Waals surface area contributed by atoms with E-state index in [4.69, 9.17) is 5.73 Å². The van der Waals surface area contributed by atoms with Crippen LogP contribution in [0.25, 0.3) is 0 Å². The van der Waals surface area contributed by atoms with E-state index >= 15 is 0 Å². The van der Waals surface area contributed by atoms with Crippen molar-refractivity contribution in [1.82, 2.24) is 5.32 Å². The first-order valence-corrected chi connectivity index (χ1v) is 7.52. The van der Waals surface area contributed by atoms with Gasteiger partial charge in [0.2, 0.25) is 0 Å². The van der Waals surface area contributed by atoms with E-state index in [0.29, 0.717) is 0 Å². The molecule has 0 atom stereocenters. The molecule has 0 radical (unpaired) electrons. The molecule has 0 saturated heterocycles. The lowest BCUT2D eigenvalue weighted by Gasteiger charge is -2.26. The van der Waals surface area contributed by atoms with Gasteiger partial charge in [-0.3, -0.25) is 0 Å². The predicted molar refractivity (Wildman–Crippen MR) is 84.6 cm³/mol. The van der Waals surface area contributed by atoms with Gasteiger partial charge in [-0.15, -0.1) is 0 Å². The lowest BCUT2D eigenvalue weighted by Crippen LogP contribution is -2.32. The summed E-state index contributed by atoms with van der Waals surface area (Å²) in [4.78, 5) is 0. The Morgan fingerprint density at radius 1 is 1.16 bits per heavy atom. The van der Waals surface area contributed by atoms with Gasteiger partial charge in [0.05, 0.1) is 0 Å². The van der Waals surface area contributed by atoms with E-state index < -0.39 is 0 Å². The molecule has 0 amide bonds. The molecular formula is C16H22N2S. The first-order chi connectivity index (χ1) is 8.99. The molecule has 1 heterocycles. The van der Waals surface area contributed by atoms with E-state index in [0.717, 1.165) is 18.8 Å². The summed E-state index contributed by atoms with van der Waals surface area (Å²) >= 11 is 1.77. The third-order valence-electron chi connectivity index (χ3n) is 3.54. The van der Waals surface area contributed by atoms with E-state index in [1.54, 1.807) is 11.3 Å². The van der Waals surface area contributed by atoms with Gasteiger partial charge in [0.25, 0.3) is 0 Å². The molecule has 3 N–H and O–H groups in total. The Labute approximate surface area is 119 Å². The monoisotopic (exact) mass is 274 g/mol. The molecule has 2 aromatic rings. The number of rotatable bonds is 5. The van der Waals surface area contributed by atoms with Gasteiger partial charge in [-0.2, -0.15) is 11.3 Å². The average molecular weight is 274 g/mol. The summed E-state index contributed by atoms with van der Waals surface area (Å²) in [5.41, 5.74) is 10.8. The first-order valence-electron chi connectivity index (χ1n) is 6.57. The summed E-state index contributed by atoms with van der Waals surface area (Å²) in [5, 5.41) is 7.97. The second-order valence-corrected chi connectivity index (χ2v) is 6.43. The maximum atomic E-state index is 5.74. The van der Waals surface area contributed by atoms with Crippen molar-refractivity contribution in [2.45, 2.75) is 32.7 Å². The van der Waals surface area contributed by atoms with Gasteiger partial charge in [-0.25, -0.2) is 0 Å². The van der Waals surface area contributed by atoms with Crippen LogP contribution in [0.3, 0.4) is 0 Å². The molecule has 1 aromatic carbocycles. The van der Waals surface area contributed by atoms with Crippen LogP contribution >= 0.6 is 11.3 Å². The van der Waals surface area contributed by atoms with Crippen molar-refractivity contribution >= 4 is 17.0 Å². The first kappa shape index (κ1) is 14.1. The molecule has 0 bridgehead atoms. The summed E-state index contributed by atoms with van der Waals surface area (Å²) in [6, 6.07) is 8.18. The Morgan fingerprint density at radius 3 is 2.42 bits per heavy atom. The zero-order valence-corrected chi connectivity index (χ0v) is 12.7. The van der Waals surface area contributed by atoms with Gasteiger partial charge in [-0.05, 0) is 46.5 Å². The number of hydrogen-bond donors (Lipinski definition) is 2. The smallest absolute Gasteiger partial charge is 0.0314 e. The number of nitrogens with one attached hydrogen (secondary N) is 1. The number of aryl methyl sites for hydroxylation is 1. The molecule has 3 heteroatoms. The van der Waals surface area contributed by atoms with Gasteiger partial charge in [0.15, 0.2) is 0 Å². The Kier molecular flexibility index (Phi) is 4.27. The van der Waals surface area contributed by atoms with Crippen molar-refractivity contribution in [1.29, 1.82) is 0 Å². The summed E-state index contributed by atoms with van der Waals surface area (Å²) in [7, 11) is 0. The van der Waals surface area contributed by atoms with Crippen molar-refractivity contribution in [3.63, 3.8) is 0 Å². The topological polar surface area (TPSA) is 38.0 Å². The molecule has 102 valence electrons. The van der Waals surface area contributed by atoms with Gasteiger partial charge in [-0.1, -0.05) is 26.0 Å². The maximum Gasteiger partial charge on any atom is 0.0314 e. The Morgan fingerprint density at radius 2 is 1.84 bits per heavy atom. The van der Waals surface area contributed by atoms with Gasteiger partial charge in [0.1, 0.15) is 0 Å². The van der Waals surface area contributed by atoms with E-state index in [-0.39, 0.29) is 5.41 Å². The molecule has 1 aromatic heterocycles. The number of hydrogen-bond acceptors (Lipinski definition) is 3. The third kappa shape index (κ3) is 3.58. The molecule has 0 aliphatic rings.